The molecule has 0 aliphatic carbocycles. The van der Waals surface area contributed by atoms with Gasteiger partial charge in [0.2, 0.25) is 5.91 Å². The number of amides is 1. The first-order valence-electron chi connectivity index (χ1n) is 8.39. The lowest BCUT2D eigenvalue weighted by Gasteiger charge is -2.08. The van der Waals surface area contributed by atoms with Gasteiger partial charge in [-0.1, -0.05) is 18.2 Å². The second kappa shape index (κ2) is 10.1. The summed E-state index contributed by atoms with van der Waals surface area (Å²) in [5.41, 5.74) is 0.587. The molecular weight excluding hydrogens is 318 g/mol. The third kappa shape index (κ3) is 6.67. The van der Waals surface area contributed by atoms with Gasteiger partial charge in [0.05, 0.1) is 13.2 Å². The van der Waals surface area contributed by atoms with Gasteiger partial charge < -0.3 is 14.8 Å². The standard InChI is InChI=1S/C20H23NO4/c1-2-24-18-10-8-16(9-11-18)19(22)12-13-20(23)21-14-15-25-17-6-4-3-5-7-17/h3-11H,2,12-15H2,1H3,(H,21,23). The fourth-order valence-electron chi connectivity index (χ4n) is 2.24. The van der Waals surface area contributed by atoms with Crippen LogP contribution >= 0.6 is 0 Å². The molecular formula is C20H23NO4. The number of nitrogens with one attached hydrogen (secondary N) is 1. The van der Waals surface area contributed by atoms with E-state index >= 15 is 0 Å². The Labute approximate surface area is 148 Å². The van der Waals surface area contributed by atoms with Gasteiger partial charge in [0.25, 0.3) is 0 Å². The van der Waals surface area contributed by atoms with Crippen molar-refractivity contribution in [2.24, 2.45) is 0 Å². The predicted octanol–water partition coefficient (Wildman–Crippen LogP) is 3.24. The van der Waals surface area contributed by atoms with E-state index < -0.39 is 0 Å². The second-order valence-corrected chi connectivity index (χ2v) is 5.39. The normalized spacial score (nSPS) is 10.1. The van der Waals surface area contributed by atoms with Gasteiger partial charge in [0.15, 0.2) is 5.78 Å². The van der Waals surface area contributed by atoms with Crippen LogP contribution in [0, 0.1) is 0 Å². The van der Waals surface area contributed by atoms with Crippen molar-refractivity contribution in [2.45, 2.75) is 19.8 Å². The molecule has 5 heteroatoms. The quantitative estimate of drug-likeness (QED) is 0.532. The van der Waals surface area contributed by atoms with E-state index in [1.807, 2.05) is 37.3 Å². The van der Waals surface area contributed by atoms with Crippen LogP contribution in [0.25, 0.3) is 0 Å². The van der Waals surface area contributed by atoms with Gasteiger partial charge in [-0.15, -0.1) is 0 Å². The first kappa shape index (κ1) is 18.5. The number of hydrogen-bond acceptors (Lipinski definition) is 4. The maximum absolute atomic E-state index is 12.1. The summed E-state index contributed by atoms with van der Waals surface area (Å²) in [6.45, 7) is 3.29. The molecule has 2 rings (SSSR count). The molecule has 1 N–H and O–H groups in total. The first-order chi connectivity index (χ1) is 12.2. The van der Waals surface area contributed by atoms with E-state index in [0.29, 0.717) is 25.3 Å². The third-order valence-corrected chi connectivity index (χ3v) is 3.50. The molecule has 0 saturated heterocycles. The molecule has 5 nitrogen and oxygen atoms in total. The molecule has 0 aliphatic heterocycles. The Bertz CT molecular complexity index is 668. The number of para-hydroxylation sites is 1. The maximum atomic E-state index is 12.1. The van der Waals surface area contributed by atoms with Gasteiger partial charge in [-0.05, 0) is 43.3 Å². The van der Waals surface area contributed by atoms with Crippen molar-refractivity contribution >= 4 is 11.7 Å². The highest BCUT2D eigenvalue weighted by Gasteiger charge is 2.09. The van der Waals surface area contributed by atoms with Crippen molar-refractivity contribution in [3.63, 3.8) is 0 Å². The van der Waals surface area contributed by atoms with Gasteiger partial charge in [-0.2, -0.15) is 0 Å². The summed E-state index contributed by atoms with van der Waals surface area (Å²) in [5.74, 6) is 1.28. The lowest BCUT2D eigenvalue weighted by atomic mass is 10.1. The number of carbonyl (C=O) groups is 2. The molecule has 0 radical (unpaired) electrons. The molecule has 132 valence electrons. The third-order valence-electron chi connectivity index (χ3n) is 3.50. The number of rotatable bonds is 10. The second-order valence-electron chi connectivity index (χ2n) is 5.39. The molecule has 25 heavy (non-hydrogen) atoms. The maximum Gasteiger partial charge on any atom is 0.220 e. The van der Waals surface area contributed by atoms with Crippen LogP contribution in [-0.2, 0) is 4.79 Å². The number of hydrogen-bond donors (Lipinski definition) is 1. The summed E-state index contributed by atoms with van der Waals surface area (Å²) in [6.07, 6.45) is 0.344. The molecule has 0 saturated carbocycles. The zero-order valence-corrected chi connectivity index (χ0v) is 14.4. The van der Waals surface area contributed by atoms with Crippen LogP contribution in [0.4, 0.5) is 0 Å². The molecule has 0 fully saturated rings. The summed E-state index contributed by atoms with van der Waals surface area (Å²) in [6, 6.07) is 16.4. The van der Waals surface area contributed by atoms with Crippen molar-refractivity contribution in [2.75, 3.05) is 19.8 Å². The average molecular weight is 341 g/mol. The number of benzene rings is 2. The van der Waals surface area contributed by atoms with Crippen LogP contribution in [-0.4, -0.2) is 31.4 Å². The molecule has 0 aliphatic rings. The molecule has 0 spiro atoms. The predicted molar refractivity (Wildman–Crippen MR) is 96.1 cm³/mol. The van der Waals surface area contributed by atoms with Crippen LogP contribution < -0.4 is 14.8 Å². The van der Waals surface area contributed by atoms with Gasteiger partial charge in [0.1, 0.15) is 18.1 Å². The molecule has 2 aromatic rings. The van der Waals surface area contributed by atoms with Crippen LogP contribution in [0.3, 0.4) is 0 Å². The fourth-order valence-corrected chi connectivity index (χ4v) is 2.24. The summed E-state index contributed by atoms with van der Waals surface area (Å²) in [5, 5.41) is 2.75. The van der Waals surface area contributed by atoms with Crippen molar-refractivity contribution in [3.05, 3.63) is 60.2 Å². The van der Waals surface area contributed by atoms with E-state index in [2.05, 4.69) is 5.32 Å². The molecule has 0 aromatic heterocycles. The largest absolute Gasteiger partial charge is 0.494 e. The molecule has 0 unspecified atom stereocenters. The minimum Gasteiger partial charge on any atom is -0.494 e. The molecule has 1 amide bonds. The molecule has 0 atom stereocenters. The van der Waals surface area contributed by atoms with Gasteiger partial charge >= 0.3 is 0 Å². The highest BCUT2D eigenvalue weighted by atomic mass is 16.5. The van der Waals surface area contributed by atoms with Gasteiger partial charge in [0, 0.05) is 18.4 Å². The summed E-state index contributed by atoms with van der Waals surface area (Å²) in [4.78, 5) is 23.9. The first-order valence-corrected chi connectivity index (χ1v) is 8.39. The summed E-state index contributed by atoms with van der Waals surface area (Å²) < 4.78 is 10.8. The lowest BCUT2D eigenvalue weighted by Crippen LogP contribution is -2.28. The van der Waals surface area contributed by atoms with Crippen LogP contribution in [0.2, 0.25) is 0 Å². The Hall–Kier alpha value is -2.82. The van der Waals surface area contributed by atoms with Gasteiger partial charge in [-0.25, -0.2) is 0 Å². The SMILES string of the molecule is CCOc1ccc(C(=O)CCC(=O)NCCOc2ccccc2)cc1. The Balaban J connectivity index is 1.64. The Morgan fingerprint density at radius 3 is 2.24 bits per heavy atom. The van der Waals surface area contributed by atoms with E-state index in [1.165, 1.54) is 0 Å². The number of carbonyl (C=O) groups excluding carboxylic acids is 2. The molecule has 2 aromatic carbocycles. The monoisotopic (exact) mass is 341 g/mol. The van der Waals surface area contributed by atoms with Crippen molar-refractivity contribution < 1.29 is 19.1 Å². The average Bonchev–Trinajstić information content (AvgIpc) is 2.65. The highest BCUT2D eigenvalue weighted by molar-refractivity contribution is 5.98. The van der Waals surface area contributed by atoms with Crippen molar-refractivity contribution in [3.8, 4) is 11.5 Å². The van der Waals surface area contributed by atoms with E-state index in [1.54, 1.807) is 24.3 Å². The Kier molecular flexibility index (Phi) is 7.50. The van der Waals surface area contributed by atoms with Crippen LogP contribution in [0.1, 0.15) is 30.1 Å². The van der Waals surface area contributed by atoms with Crippen LogP contribution in [0.15, 0.2) is 54.6 Å². The Morgan fingerprint density at radius 1 is 0.880 bits per heavy atom. The van der Waals surface area contributed by atoms with E-state index in [9.17, 15) is 9.59 Å². The smallest absolute Gasteiger partial charge is 0.220 e. The lowest BCUT2D eigenvalue weighted by molar-refractivity contribution is -0.121. The summed E-state index contributed by atoms with van der Waals surface area (Å²) in [7, 11) is 0. The highest BCUT2D eigenvalue weighted by Crippen LogP contribution is 2.14. The summed E-state index contributed by atoms with van der Waals surface area (Å²) >= 11 is 0. The van der Waals surface area contributed by atoms with Crippen LogP contribution in [0.5, 0.6) is 11.5 Å². The fraction of sp³-hybridized carbons (Fsp3) is 0.300. The van der Waals surface area contributed by atoms with E-state index in [-0.39, 0.29) is 24.5 Å². The number of Topliss-reactive ketones (excluding diaryl/α,β-unsaturated/α-hetero) is 1. The zero-order valence-electron chi connectivity index (χ0n) is 14.4. The van der Waals surface area contributed by atoms with Crippen molar-refractivity contribution in [1.29, 1.82) is 0 Å². The number of ether oxygens (including phenoxy) is 2. The Morgan fingerprint density at radius 2 is 1.56 bits per heavy atom. The molecule has 0 heterocycles. The molecule has 0 bridgehead atoms. The topological polar surface area (TPSA) is 64.6 Å². The van der Waals surface area contributed by atoms with E-state index in [4.69, 9.17) is 9.47 Å². The number of ketones is 1. The zero-order chi connectivity index (χ0) is 17.9. The van der Waals surface area contributed by atoms with Gasteiger partial charge in [-0.3, -0.25) is 9.59 Å². The minimum atomic E-state index is -0.157. The van der Waals surface area contributed by atoms with E-state index in [0.717, 1.165) is 11.5 Å². The van der Waals surface area contributed by atoms with Crippen molar-refractivity contribution in [1.82, 2.24) is 5.32 Å². The minimum absolute atomic E-state index is 0.0567.